The summed E-state index contributed by atoms with van der Waals surface area (Å²) >= 11 is 0. The van der Waals surface area contributed by atoms with Gasteiger partial charge in [0.1, 0.15) is 0 Å². The minimum absolute atomic E-state index is 0.0733. The van der Waals surface area contributed by atoms with Gasteiger partial charge in [-0.2, -0.15) is 0 Å². The van der Waals surface area contributed by atoms with Gasteiger partial charge in [-0.05, 0) is 19.3 Å². The topological polar surface area (TPSA) is 26.3 Å². The van der Waals surface area contributed by atoms with E-state index in [2.05, 4.69) is 4.74 Å². The van der Waals surface area contributed by atoms with Gasteiger partial charge in [-0.15, -0.1) is 0 Å². The molecule has 82 valence electrons. The lowest BCUT2D eigenvalue weighted by Crippen LogP contribution is -2.00. The van der Waals surface area contributed by atoms with Crippen molar-refractivity contribution in [1.82, 2.24) is 0 Å². The van der Waals surface area contributed by atoms with Crippen molar-refractivity contribution in [2.45, 2.75) is 43.8 Å². The van der Waals surface area contributed by atoms with Gasteiger partial charge >= 0.3 is 5.97 Å². The van der Waals surface area contributed by atoms with Gasteiger partial charge in [-0.25, -0.2) is 0 Å². The monoisotopic (exact) mass is 234 g/mol. The Kier molecular flexibility index (Phi) is 6.52. The molecule has 1 atom stereocenters. The van der Waals surface area contributed by atoms with Gasteiger partial charge in [0.05, 0.1) is 7.11 Å². The molecule has 4 heteroatoms. The number of carbonyl (C=O) groups is 1. The molecule has 1 aliphatic rings. The molecule has 1 unspecified atom stereocenters. The Morgan fingerprint density at radius 1 is 1.43 bits per heavy atom. The predicted molar refractivity (Wildman–Crippen MR) is 63.6 cm³/mol. The molecule has 0 amide bonds. The van der Waals surface area contributed by atoms with E-state index in [9.17, 15) is 4.79 Å². The van der Waals surface area contributed by atoms with Crippen molar-refractivity contribution in [1.29, 1.82) is 0 Å². The highest BCUT2D eigenvalue weighted by Gasteiger charge is 2.15. The Balaban J connectivity index is 1.86. The highest BCUT2D eigenvalue weighted by molar-refractivity contribution is 8.77. The molecular formula is C10H18O2S2. The molecule has 1 heterocycles. The van der Waals surface area contributed by atoms with Crippen LogP contribution in [0.2, 0.25) is 0 Å². The highest BCUT2D eigenvalue weighted by Crippen LogP contribution is 2.39. The minimum atomic E-state index is -0.0733. The largest absolute Gasteiger partial charge is 0.469 e. The number of hydrogen-bond acceptors (Lipinski definition) is 4. The minimum Gasteiger partial charge on any atom is -0.469 e. The van der Waals surface area contributed by atoms with Crippen LogP contribution in [0.5, 0.6) is 0 Å². The average Bonchev–Trinajstić information content (AvgIpc) is 2.69. The number of rotatable bonds is 6. The second-order valence-electron chi connectivity index (χ2n) is 3.50. The highest BCUT2D eigenvalue weighted by atomic mass is 33.1. The maximum Gasteiger partial charge on any atom is 0.305 e. The van der Waals surface area contributed by atoms with E-state index in [1.807, 2.05) is 21.6 Å². The Bertz CT molecular complexity index is 168. The smallest absolute Gasteiger partial charge is 0.305 e. The third kappa shape index (κ3) is 5.15. The molecule has 0 spiro atoms. The zero-order valence-electron chi connectivity index (χ0n) is 8.66. The van der Waals surface area contributed by atoms with E-state index >= 15 is 0 Å². The second kappa shape index (κ2) is 7.46. The first-order chi connectivity index (χ1) is 6.83. The van der Waals surface area contributed by atoms with Crippen LogP contribution in [0.3, 0.4) is 0 Å². The molecule has 0 radical (unpaired) electrons. The molecule has 0 bridgehead atoms. The molecule has 0 aromatic carbocycles. The van der Waals surface area contributed by atoms with Gasteiger partial charge in [-0.3, -0.25) is 4.79 Å². The summed E-state index contributed by atoms with van der Waals surface area (Å²) in [5, 5.41) is 0.873. The van der Waals surface area contributed by atoms with Crippen molar-refractivity contribution < 1.29 is 9.53 Å². The fraction of sp³-hybridized carbons (Fsp3) is 0.900. The van der Waals surface area contributed by atoms with Crippen LogP contribution in [0.1, 0.15) is 38.5 Å². The standard InChI is InChI=1S/C10H18O2S2/c1-12-10(11)6-4-2-3-5-9-7-8-13-14-9/h9H,2-8H2,1H3. The van der Waals surface area contributed by atoms with Crippen LogP contribution >= 0.6 is 21.6 Å². The number of methoxy groups -OCH3 is 1. The normalized spacial score (nSPS) is 21.1. The molecule has 0 saturated carbocycles. The number of esters is 1. The van der Waals surface area contributed by atoms with Crippen molar-refractivity contribution in [2.24, 2.45) is 0 Å². The Labute approximate surface area is 93.9 Å². The van der Waals surface area contributed by atoms with Crippen LogP contribution in [0.4, 0.5) is 0 Å². The molecule has 1 rings (SSSR count). The fourth-order valence-electron chi connectivity index (χ4n) is 1.48. The summed E-state index contributed by atoms with van der Waals surface area (Å²) in [6.45, 7) is 0. The first-order valence-corrected chi connectivity index (χ1v) is 7.56. The summed E-state index contributed by atoms with van der Waals surface area (Å²) in [5.74, 6) is 1.24. The summed E-state index contributed by atoms with van der Waals surface area (Å²) < 4.78 is 4.58. The van der Waals surface area contributed by atoms with Gasteiger partial charge in [0, 0.05) is 17.4 Å². The van der Waals surface area contributed by atoms with Gasteiger partial charge in [0.2, 0.25) is 0 Å². The number of carbonyl (C=O) groups excluding carboxylic acids is 1. The third-order valence-corrected chi connectivity index (χ3v) is 5.37. The molecule has 0 aromatic heterocycles. The van der Waals surface area contributed by atoms with Gasteiger partial charge in [0.25, 0.3) is 0 Å². The van der Waals surface area contributed by atoms with Gasteiger partial charge < -0.3 is 4.74 Å². The zero-order chi connectivity index (χ0) is 10.2. The van der Waals surface area contributed by atoms with Crippen LogP contribution in [-0.2, 0) is 9.53 Å². The van der Waals surface area contributed by atoms with Crippen LogP contribution < -0.4 is 0 Å². The Morgan fingerprint density at radius 2 is 2.29 bits per heavy atom. The lowest BCUT2D eigenvalue weighted by atomic mass is 10.1. The van der Waals surface area contributed by atoms with Crippen LogP contribution in [0, 0.1) is 0 Å². The van der Waals surface area contributed by atoms with Crippen LogP contribution in [0.15, 0.2) is 0 Å². The predicted octanol–water partition coefficient (Wildman–Crippen LogP) is 3.26. The first-order valence-electron chi connectivity index (χ1n) is 5.18. The van der Waals surface area contributed by atoms with Crippen molar-refractivity contribution in [3.05, 3.63) is 0 Å². The summed E-state index contributed by atoms with van der Waals surface area (Å²) in [6, 6.07) is 0. The molecule has 1 aliphatic heterocycles. The maximum absolute atomic E-state index is 10.8. The van der Waals surface area contributed by atoms with Crippen molar-refractivity contribution in [2.75, 3.05) is 12.9 Å². The van der Waals surface area contributed by atoms with Crippen molar-refractivity contribution in [3.63, 3.8) is 0 Å². The number of hydrogen-bond donors (Lipinski definition) is 0. The van der Waals surface area contributed by atoms with E-state index < -0.39 is 0 Å². The van der Waals surface area contributed by atoms with Crippen LogP contribution in [0.25, 0.3) is 0 Å². The number of ether oxygens (including phenoxy) is 1. The van der Waals surface area contributed by atoms with E-state index in [4.69, 9.17) is 0 Å². The second-order valence-corrected chi connectivity index (χ2v) is 6.29. The quantitative estimate of drug-likeness (QED) is 0.400. The summed E-state index contributed by atoms with van der Waals surface area (Å²) in [7, 11) is 5.49. The van der Waals surface area contributed by atoms with E-state index in [-0.39, 0.29) is 5.97 Å². The molecule has 0 N–H and O–H groups in total. The van der Waals surface area contributed by atoms with Gasteiger partial charge in [0.15, 0.2) is 0 Å². The molecule has 1 saturated heterocycles. The lowest BCUT2D eigenvalue weighted by Gasteiger charge is -2.05. The van der Waals surface area contributed by atoms with Crippen molar-refractivity contribution >= 4 is 27.6 Å². The average molecular weight is 234 g/mol. The molecule has 14 heavy (non-hydrogen) atoms. The fourth-order valence-corrected chi connectivity index (χ4v) is 4.51. The van der Waals surface area contributed by atoms with E-state index in [0.29, 0.717) is 6.42 Å². The molecule has 2 nitrogen and oxygen atoms in total. The zero-order valence-corrected chi connectivity index (χ0v) is 10.3. The summed E-state index contributed by atoms with van der Waals surface area (Å²) in [4.78, 5) is 10.8. The first kappa shape index (κ1) is 12.2. The van der Waals surface area contributed by atoms with E-state index in [1.54, 1.807) is 0 Å². The molecular weight excluding hydrogens is 216 g/mol. The maximum atomic E-state index is 10.8. The van der Waals surface area contributed by atoms with Crippen LogP contribution in [-0.4, -0.2) is 24.1 Å². The summed E-state index contributed by atoms with van der Waals surface area (Å²) in [5.41, 5.74) is 0. The Hall–Kier alpha value is 0.170. The SMILES string of the molecule is COC(=O)CCCCCC1CCSS1. The number of unbranched alkanes of at least 4 members (excludes halogenated alkanes) is 2. The molecule has 1 fully saturated rings. The third-order valence-electron chi connectivity index (χ3n) is 2.36. The Morgan fingerprint density at radius 3 is 2.93 bits per heavy atom. The summed E-state index contributed by atoms with van der Waals surface area (Å²) in [6.07, 6.45) is 6.68. The molecule has 0 aromatic rings. The van der Waals surface area contributed by atoms with E-state index in [0.717, 1.165) is 18.1 Å². The van der Waals surface area contributed by atoms with E-state index in [1.165, 1.54) is 32.1 Å². The van der Waals surface area contributed by atoms with Crippen molar-refractivity contribution in [3.8, 4) is 0 Å². The molecule has 0 aliphatic carbocycles. The van der Waals surface area contributed by atoms with Gasteiger partial charge in [-0.1, -0.05) is 34.4 Å². The lowest BCUT2D eigenvalue weighted by molar-refractivity contribution is -0.140.